The molecule has 0 saturated carbocycles. The summed E-state index contributed by atoms with van der Waals surface area (Å²) in [5, 5.41) is 12.1. The van der Waals surface area contributed by atoms with Gasteiger partial charge < -0.3 is 10.2 Å². The molecule has 17 heavy (non-hydrogen) atoms. The van der Waals surface area contributed by atoms with Crippen LogP contribution < -0.4 is 10.2 Å². The number of hydrogen-bond acceptors (Lipinski definition) is 4. The third kappa shape index (κ3) is 3.32. The van der Waals surface area contributed by atoms with Gasteiger partial charge in [-0.3, -0.25) is 0 Å². The van der Waals surface area contributed by atoms with Gasteiger partial charge in [0.15, 0.2) is 0 Å². The normalized spacial score (nSPS) is 16.1. The van der Waals surface area contributed by atoms with Crippen LogP contribution in [0.2, 0.25) is 0 Å². The van der Waals surface area contributed by atoms with E-state index in [0.29, 0.717) is 11.6 Å². The molecule has 0 atom stereocenters. The fourth-order valence-corrected chi connectivity index (χ4v) is 2.06. The van der Waals surface area contributed by atoms with Gasteiger partial charge in [0.05, 0.1) is 11.6 Å². The van der Waals surface area contributed by atoms with Gasteiger partial charge in [-0.2, -0.15) is 5.26 Å². The van der Waals surface area contributed by atoms with Gasteiger partial charge in [-0.05, 0) is 32.0 Å². The molecule has 1 aliphatic heterocycles. The van der Waals surface area contributed by atoms with Crippen molar-refractivity contribution in [3.05, 3.63) is 23.9 Å². The number of piperidine rings is 1. The van der Waals surface area contributed by atoms with Crippen molar-refractivity contribution in [3.63, 3.8) is 0 Å². The maximum atomic E-state index is 8.83. The Morgan fingerprint density at radius 3 is 2.76 bits per heavy atom. The van der Waals surface area contributed by atoms with E-state index in [4.69, 9.17) is 5.26 Å². The fraction of sp³-hybridized carbons (Fsp3) is 0.500. The first-order chi connectivity index (χ1) is 7.83. The Labute approximate surface area is 108 Å². The van der Waals surface area contributed by atoms with Crippen molar-refractivity contribution in [3.8, 4) is 6.07 Å². The highest BCUT2D eigenvalue weighted by Crippen LogP contribution is 2.18. The monoisotopic (exact) mass is 252 g/mol. The van der Waals surface area contributed by atoms with Crippen LogP contribution in [0.15, 0.2) is 18.3 Å². The summed E-state index contributed by atoms with van der Waals surface area (Å²) in [6.07, 6.45) is 3.97. The predicted molar refractivity (Wildman–Crippen MR) is 70.5 cm³/mol. The van der Waals surface area contributed by atoms with E-state index in [2.05, 4.69) is 21.3 Å². The SMILES string of the molecule is CNC1CCN(c2cc(C#N)ccn2)CC1.Cl. The van der Waals surface area contributed by atoms with Crippen LogP contribution in [-0.2, 0) is 0 Å². The van der Waals surface area contributed by atoms with Gasteiger partial charge in [0, 0.05) is 25.3 Å². The molecule has 0 unspecified atom stereocenters. The zero-order valence-electron chi connectivity index (χ0n) is 9.89. The standard InChI is InChI=1S/C12H16N4.ClH/c1-14-11-3-6-16(7-4-11)12-8-10(9-13)2-5-15-12;/h2,5,8,11,14H,3-4,6-7H2,1H3;1H. The van der Waals surface area contributed by atoms with Crippen molar-refractivity contribution in [1.82, 2.24) is 10.3 Å². The lowest BCUT2D eigenvalue weighted by molar-refractivity contribution is 0.441. The number of rotatable bonds is 2. The van der Waals surface area contributed by atoms with Crippen molar-refractivity contribution in [2.45, 2.75) is 18.9 Å². The highest BCUT2D eigenvalue weighted by Gasteiger charge is 2.18. The minimum atomic E-state index is 0. The summed E-state index contributed by atoms with van der Waals surface area (Å²) < 4.78 is 0. The molecule has 0 bridgehead atoms. The van der Waals surface area contributed by atoms with Crippen molar-refractivity contribution in [1.29, 1.82) is 5.26 Å². The number of pyridine rings is 1. The predicted octanol–water partition coefficient (Wildman–Crippen LogP) is 1.56. The number of nitrogens with zero attached hydrogens (tertiary/aromatic N) is 3. The highest BCUT2D eigenvalue weighted by atomic mass is 35.5. The number of hydrogen-bond donors (Lipinski definition) is 1. The molecule has 1 aromatic rings. The Morgan fingerprint density at radius 2 is 2.18 bits per heavy atom. The van der Waals surface area contributed by atoms with Crippen LogP contribution in [0.4, 0.5) is 5.82 Å². The van der Waals surface area contributed by atoms with Gasteiger partial charge >= 0.3 is 0 Å². The summed E-state index contributed by atoms with van der Waals surface area (Å²) in [7, 11) is 2.01. The number of aromatic nitrogens is 1. The van der Waals surface area contributed by atoms with E-state index in [1.165, 1.54) is 0 Å². The van der Waals surface area contributed by atoms with Crippen LogP contribution in [0.1, 0.15) is 18.4 Å². The maximum absolute atomic E-state index is 8.83. The van der Waals surface area contributed by atoms with Gasteiger partial charge in [-0.15, -0.1) is 12.4 Å². The van der Waals surface area contributed by atoms with Crippen molar-refractivity contribution in [2.75, 3.05) is 25.0 Å². The molecule has 0 radical (unpaired) electrons. The minimum Gasteiger partial charge on any atom is -0.356 e. The quantitative estimate of drug-likeness (QED) is 0.868. The van der Waals surface area contributed by atoms with Crippen LogP contribution in [0.25, 0.3) is 0 Å². The average Bonchev–Trinajstić information content (AvgIpc) is 2.39. The molecule has 1 saturated heterocycles. The third-order valence-electron chi connectivity index (χ3n) is 3.10. The minimum absolute atomic E-state index is 0. The second-order valence-electron chi connectivity index (χ2n) is 4.06. The zero-order chi connectivity index (χ0) is 11.4. The molecule has 0 amide bonds. The topological polar surface area (TPSA) is 52.0 Å². The summed E-state index contributed by atoms with van der Waals surface area (Å²) in [6.45, 7) is 2.01. The highest BCUT2D eigenvalue weighted by molar-refractivity contribution is 5.85. The second-order valence-corrected chi connectivity index (χ2v) is 4.06. The second kappa shape index (κ2) is 6.43. The average molecular weight is 253 g/mol. The van der Waals surface area contributed by atoms with Gasteiger partial charge in [0.1, 0.15) is 5.82 Å². The lowest BCUT2D eigenvalue weighted by atomic mass is 10.1. The first-order valence-electron chi connectivity index (χ1n) is 5.62. The summed E-state index contributed by atoms with van der Waals surface area (Å²) in [5.41, 5.74) is 0.681. The molecule has 0 aromatic carbocycles. The van der Waals surface area contributed by atoms with E-state index < -0.39 is 0 Å². The molecule has 0 spiro atoms. The number of anilines is 1. The van der Waals surface area contributed by atoms with E-state index in [-0.39, 0.29) is 12.4 Å². The van der Waals surface area contributed by atoms with Gasteiger partial charge in [0.25, 0.3) is 0 Å². The molecule has 0 aliphatic carbocycles. The first-order valence-corrected chi connectivity index (χ1v) is 5.62. The molecule has 92 valence electrons. The number of nitrogens with one attached hydrogen (secondary N) is 1. The molecule has 1 aromatic heterocycles. The fourth-order valence-electron chi connectivity index (χ4n) is 2.06. The van der Waals surface area contributed by atoms with Crippen LogP contribution in [-0.4, -0.2) is 31.2 Å². The Hall–Kier alpha value is -1.31. The molecule has 1 fully saturated rings. The Bertz CT molecular complexity index is 394. The van der Waals surface area contributed by atoms with Crippen molar-refractivity contribution in [2.24, 2.45) is 0 Å². The van der Waals surface area contributed by atoms with Crippen molar-refractivity contribution < 1.29 is 0 Å². The van der Waals surface area contributed by atoms with Crippen LogP contribution in [0.3, 0.4) is 0 Å². The molecular weight excluding hydrogens is 236 g/mol. The molecule has 2 rings (SSSR count). The number of nitriles is 1. The van der Waals surface area contributed by atoms with E-state index in [9.17, 15) is 0 Å². The maximum Gasteiger partial charge on any atom is 0.129 e. The van der Waals surface area contributed by atoms with Crippen LogP contribution >= 0.6 is 12.4 Å². The summed E-state index contributed by atoms with van der Waals surface area (Å²) in [6, 6.07) is 6.37. The van der Waals surface area contributed by atoms with Gasteiger partial charge in [0.2, 0.25) is 0 Å². The van der Waals surface area contributed by atoms with Crippen LogP contribution in [0.5, 0.6) is 0 Å². The summed E-state index contributed by atoms with van der Waals surface area (Å²) >= 11 is 0. The molecule has 5 heteroatoms. The lowest BCUT2D eigenvalue weighted by Crippen LogP contribution is -2.41. The largest absolute Gasteiger partial charge is 0.356 e. The van der Waals surface area contributed by atoms with E-state index >= 15 is 0 Å². The van der Waals surface area contributed by atoms with Gasteiger partial charge in [-0.25, -0.2) is 4.98 Å². The third-order valence-corrected chi connectivity index (χ3v) is 3.10. The number of halogens is 1. The summed E-state index contributed by atoms with van der Waals surface area (Å²) in [4.78, 5) is 6.56. The van der Waals surface area contributed by atoms with Gasteiger partial charge in [-0.1, -0.05) is 0 Å². The van der Waals surface area contributed by atoms with E-state index in [0.717, 1.165) is 31.7 Å². The van der Waals surface area contributed by atoms with E-state index in [1.807, 2.05) is 13.1 Å². The molecule has 4 nitrogen and oxygen atoms in total. The van der Waals surface area contributed by atoms with E-state index in [1.54, 1.807) is 12.3 Å². The molecule has 1 N–H and O–H groups in total. The Balaban J connectivity index is 0.00000144. The van der Waals surface area contributed by atoms with Crippen LogP contribution in [0, 0.1) is 11.3 Å². The van der Waals surface area contributed by atoms with Crippen molar-refractivity contribution >= 4 is 18.2 Å². The Kier molecular flexibility index (Phi) is 5.20. The zero-order valence-corrected chi connectivity index (χ0v) is 10.7. The molecule has 2 heterocycles. The first kappa shape index (κ1) is 13.8. The smallest absolute Gasteiger partial charge is 0.129 e. The lowest BCUT2D eigenvalue weighted by Gasteiger charge is -2.32. The molecular formula is C12H17ClN4. The Morgan fingerprint density at radius 1 is 1.47 bits per heavy atom. The molecule has 1 aliphatic rings. The summed E-state index contributed by atoms with van der Waals surface area (Å²) in [5.74, 6) is 0.925.